The summed E-state index contributed by atoms with van der Waals surface area (Å²) in [5.41, 5.74) is 3.29. The van der Waals surface area contributed by atoms with E-state index in [4.69, 9.17) is 4.74 Å². The van der Waals surface area contributed by atoms with E-state index in [-0.39, 0.29) is 24.3 Å². The summed E-state index contributed by atoms with van der Waals surface area (Å²) >= 11 is 0. The van der Waals surface area contributed by atoms with E-state index in [1.165, 1.54) is 5.56 Å². The Labute approximate surface area is 189 Å². The third kappa shape index (κ3) is 5.58. The van der Waals surface area contributed by atoms with Crippen LogP contribution in [0, 0.1) is 19.8 Å². The molecule has 32 heavy (non-hydrogen) atoms. The van der Waals surface area contributed by atoms with Gasteiger partial charge in [0.25, 0.3) is 5.91 Å². The number of benzene rings is 1. The molecule has 1 aromatic carbocycles. The highest BCUT2D eigenvalue weighted by atomic mass is 16.5. The number of amides is 2. The number of nitrogens with zero attached hydrogens (tertiary/aromatic N) is 1. The van der Waals surface area contributed by atoms with E-state index in [9.17, 15) is 14.4 Å². The molecule has 1 saturated heterocycles. The van der Waals surface area contributed by atoms with E-state index in [2.05, 4.69) is 22.4 Å². The summed E-state index contributed by atoms with van der Waals surface area (Å²) in [6.07, 6.45) is 3.34. The van der Waals surface area contributed by atoms with Crippen LogP contribution < -0.4 is 5.32 Å². The van der Waals surface area contributed by atoms with Crippen molar-refractivity contribution < 1.29 is 19.1 Å². The van der Waals surface area contributed by atoms with E-state index < -0.39 is 5.97 Å². The van der Waals surface area contributed by atoms with Gasteiger partial charge in [0.2, 0.25) is 5.91 Å². The first-order valence-corrected chi connectivity index (χ1v) is 11.4. The lowest BCUT2D eigenvalue weighted by molar-refractivity contribution is -0.126. The van der Waals surface area contributed by atoms with Gasteiger partial charge in [-0.1, -0.05) is 30.3 Å². The van der Waals surface area contributed by atoms with Crippen molar-refractivity contribution in [1.82, 2.24) is 15.2 Å². The molecular weight excluding hydrogens is 406 g/mol. The minimum atomic E-state index is -0.427. The van der Waals surface area contributed by atoms with Crippen molar-refractivity contribution in [1.29, 1.82) is 0 Å². The number of carbonyl (C=O) groups is 3. The van der Waals surface area contributed by atoms with Crippen LogP contribution in [-0.2, 0) is 16.0 Å². The predicted octanol–water partition coefficient (Wildman–Crippen LogP) is 3.41. The number of ether oxygens (including phenoxy) is 1. The van der Waals surface area contributed by atoms with Crippen LogP contribution in [0.5, 0.6) is 0 Å². The smallest absolute Gasteiger partial charge is 0.340 e. The Morgan fingerprint density at radius 2 is 1.94 bits per heavy atom. The van der Waals surface area contributed by atoms with E-state index in [1.54, 1.807) is 25.7 Å². The molecule has 0 radical (unpaired) electrons. The third-order valence-corrected chi connectivity index (χ3v) is 5.99. The summed E-state index contributed by atoms with van der Waals surface area (Å²) in [4.78, 5) is 42.9. The van der Waals surface area contributed by atoms with Gasteiger partial charge in [0.05, 0.1) is 18.1 Å². The molecule has 0 bridgehead atoms. The molecule has 0 unspecified atom stereocenters. The Kier molecular flexibility index (Phi) is 8.09. The molecule has 2 aromatic rings. The molecule has 7 nitrogen and oxygen atoms in total. The molecule has 172 valence electrons. The highest BCUT2D eigenvalue weighted by molar-refractivity contribution is 6.00. The van der Waals surface area contributed by atoms with Crippen LogP contribution in [0.1, 0.15) is 63.9 Å². The first-order chi connectivity index (χ1) is 15.4. The Hall–Kier alpha value is -3.09. The quantitative estimate of drug-likeness (QED) is 0.487. The van der Waals surface area contributed by atoms with Crippen molar-refractivity contribution >= 4 is 17.8 Å². The summed E-state index contributed by atoms with van der Waals surface area (Å²) in [6, 6.07) is 10.2. The van der Waals surface area contributed by atoms with Gasteiger partial charge in [-0.3, -0.25) is 9.59 Å². The highest BCUT2D eigenvalue weighted by Gasteiger charge is 2.31. The fourth-order valence-corrected chi connectivity index (χ4v) is 4.30. The van der Waals surface area contributed by atoms with Crippen LogP contribution in [0.4, 0.5) is 0 Å². The van der Waals surface area contributed by atoms with E-state index in [0.29, 0.717) is 42.1 Å². The maximum atomic E-state index is 13.2. The second kappa shape index (κ2) is 11.0. The van der Waals surface area contributed by atoms with Crippen molar-refractivity contribution in [3.63, 3.8) is 0 Å². The number of nitrogens with one attached hydrogen (secondary N) is 2. The van der Waals surface area contributed by atoms with E-state index >= 15 is 0 Å². The SMILES string of the molecule is CCOC(=O)c1c(C)[nH]c(C(=O)N2CCC[C@H](C(=O)NCCCc3ccccc3)C2)c1C. The van der Waals surface area contributed by atoms with Crippen LogP contribution in [-0.4, -0.2) is 53.9 Å². The van der Waals surface area contributed by atoms with Crippen molar-refractivity contribution in [3.8, 4) is 0 Å². The van der Waals surface area contributed by atoms with Gasteiger partial charge in [-0.05, 0) is 57.6 Å². The molecule has 7 heteroatoms. The van der Waals surface area contributed by atoms with Gasteiger partial charge in [-0.2, -0.15) is 0 Å². The van der Waals surface area contributed by atoms with E-state index in [0.717, 1.165) is 25.7 Å². The molecule has 1 aliphatic heterocycles. The maximum Gasteiger partial charge on any atom is 0.340 e. The monoisotopic (exact) mass is 439 g/mol. The zero-order chi connectivity index (χ0) is 23.1. The number of carbonyl (C=O) groups excluding carboxylic acids is 3. The standard InChI is InChI=1S/C25H33N3O4/c1-4-32-25(31)21-17(2)22(27-18(21)3)24(30)28-15-9-13-20(16-28)23(29)26-14-8-12-19-10-6-5-7-11-19/h5-7,10-11,20,27H,4,8-9,12-16H2,1-3H3,(H,26,29)/t20-/m0/s1. The van der Waals surface area contributed by atoms with Gasteiger partial charge in [0.15, 0.2) is 0 Å². The number of likely N-dealkylation sites (tertiary alicyclic amines) is 1. The van der Waals surface area contributed by atoms with Crippen LogP contribution >= 0.6 is 0 Å². The molecule has 1 aromatic heterocycles. The minimum Gasteiger partial charge on any atom is -0.462 e. The Morgan fingerprint density at radius 1 is 1.19 bits per heavy atom. The number of H-pyrrole nitrogens is 1. The largest absolute Gasteiger partial charge is 0.462 e. The molecule has 1 fully saturated rings. The third-order valence-electron chi connectivity index (χ3n) is 5.99. The molecule has 2 N–H and O–H groups in total. The van der Waals surface area contributed by atoms with Crippen LogP contribution in [0.15, 0.2) is 30.3 Å². The van der Waals surface area contributed by atoms with Gasteiger partial charge in [-0.15, -0.1) is 0 Å². The average molecular weight is 440 g/mol. The molecular formula is C25H33N3O4. The highest BCUT2D eigenvalue weighted by Crippen LogP contribution is 2.23. The van der Waals surface area contributed by atoms with E-state index in [1.807, 2.05) is 18.2 Å². The molecule has 0 aliphatic carbocycles. The van der Waals surface area contributed by atoms with Crippen LogP contribution in [0.3, 0.4) is 0 Å². The fraction of sp³-hybridized carbons (Fsp3) is 0.480. The normalized spacial score (nSPS) is 16.0. The summed E-state index contributed by atoms with van der Waals surface area (Å²) in [5.74, 6) is -0.820. The van der Waals surface area contributed by atoms with Gasteiger partial charge >= 0.3 is 5.97 Å². The van der Waals surface area contributed by atoms with Crippen molar-refractivity contribution in [2.24, 2.45) is 5.92 Å². The lowest BCUT2D eigenvalue weighted by atomic mass is 9.96. The molecule has 0 saturated carbocycles. The van der Waals surface area contributed by atoms with Crippen molar-refractivity contribution in [3.05, 3.63) is 58.4 Å². The Bertz CT molecular complexity index is 952. The number of aromatic nitrogens is 1. The van der Waals surface area contributed by atoms with Crippen LogP contribution in [0.2, 0.25) is 0 Å². The van der Waals surface area contributed by atoms with Gasteiger partial charge < -0.3 is 19.9 Å². The maximum absolute atomic E-state index is 13.2. The molecule has 1 aliphatic rings. The number of piperidine rings is 1. The molecule has 3 rings (SSSR count). The first-order valence-electron chi connectivity index (χ1n) is 11.4. The molecule has 2 heterocycles. The minimum absolute atomic E-state index is 0.00200. The number of rotatable bonds is 8. The zero-order valence-electron chi connectivity index (χ0n) is 19.2. The lowest BCUT2D eigenvalue weighted by Crippen LogP contribution is -2.45. The van der Waals surface area contributed by atoms with Gasteiger partial charge in [0, 0.05) is 25.3 Å². The second-order valence-corrected chi connectivity index (χ2v) is 8.32. The van der Waals surface area contributed by atoms with Gasteiger partial charge in [0.1, 0.15) is 5.69 Å². The Balaban J connectivity index is 1.56. The Morgan fingerprint density at radius 3 is 2.66 bits per heavy atom. The topological polar surface area (TPSA) is 91.5 Å². The summed E-state index contributed by atoms with van der Waals surface area (Å²) in [7, 11) is 0. The number of aryl methyl sites for hydroxylation is 2. The van der Waals surface area contributed by atoms with Gasteiger partial charge in [-0.25, -0.2) is 4.79 Å². The lowest BCUT2D eigenvalue weighted by Gasteiger charge is -2.32. The number of hydrogen-bond donors (Lipinski definition) is 2. The van der Waals surface area contributed by atoms with Crippen molar-refractivity contribution in [2.75, 3.05) is 26.2 Å². The summed E-state index contributed by atoms with van der Waals surface area (Å²) in [5, 5.41) is 3.03. The molecule has 0 spiro atoms. The zero-order valence-corrected chi connectivity index (χ0v) is 19.2. The number of hydrogen-bond acceptors (Lipinski definition) is 4. The first kappa shape index (κ1) is 23.6. The number of esters is 1. The second-order valence-electron chi connectivity index (χ2n) is 8.32. The predicted molar refractivity (Wildman–Crippen MR) is 123 cm³/mol. The van der Waals surface area contributed by atoms with Crippen LogP contribution in [0.25, 0.3) is 0 Å². The molecule has 2 amide bonds. The summed E-state index contributed by atoms with van der Waals surface area (Å²) < 4.78 is 5.11. The summed E-state index contributed by atoms with van der Waals surface area (Å²) in [6.45, 7) is 7.15. The number of aromatic amines is 1. The fourth-order valence-electron chi connectivity index (χ4n) is 4.30. The van der Waals surface area contributed by atoms with Crippen molar-refractivity contribution in [2.45, 2.75) is 46.5 Å². The average Bonchev–Trinajstić information content (AvgIpc) is 3.10. The molecule has 1 atom stereocenters.